The van der Waals surface area contributed by atoms with Crippen molar-refractivity contribution in [1.29, 1.82) is 0 Å². The first kappa shape index (κ1) is 15.4. The Morgan fingerprint density at radius 2 is 2.00 bits per heavy atom. The van der Waals surface area contributed by atoms with Gasteiger partial charge < -0.3 is 10.1 Å². The van der Waals surface area contributed by atoms with Crippen LogP contribution in [0.5, 0.6) is 0 Å². The normalized spacial score (nSPS) is 10.3. The van der Waals surface area contributed by atoms with Crippen LogP contribution in [0, 0.1) is 11.6 Å². The minimum Gasteiger partial charge on any atom is -0.465 e. The highest BCUT2D eigenvalue weighted by Crippen LogP contribution is 2.22. The third-order valence-electron chi connectivity index (χ3n) is 2.87. The van der Waals surface area contributed by atoms with Gasteiger partial charge in [-0.15, -0.1) is 0 Å². The lowest BCUT2D eigenvalue weighted by atomic mass is 10.1. The van der Waals surface area contributed by atoms with Crippen molar-refractivity contribution in [2.45, 2.75) is 6.54 Å². The molecule has 2 aromatic carbocycles. The number of hydrogen-bond acceptors (Lipinski definition) is 3. The molecule has 1 N–H and O–H groups in total. The van der Waals surface area contributed by atoms with Gasteiger partial charge in [-0.2, -0.15) is 0 Å². The van der Waals surface area contributed by atoms with Crippen molar-refractivity contribution in [2.75, 3.05) is 12.4 Å². The van der Waals surface area contributed by atoms with Gasteiger partial charge in [0.1, 0.15) is 11.6 Å². The molecule has 0 atom stereocenters. The predicted molar refractivity (Wildman–Crippen MR) is 79.2 cm³/mol. The number of carbonyl (C=O) groups is 1. The monoisotopic (exact) mass is 355 g/mol. The number of ether oxygens (including phenoxy) is 1. The topological polar surface area (TPSA) is 38.3 Å². The molecular formula is C15H12BrF2NO2. The van der Waals surface area contributed by atoms with Crippen LogP contribution in [0.15, 0.2) is 40.9 Å². The van der Waals surface area contributed by atoms with E-state index in [9.17, 15) is 13.6 Å². The molecule has 0 aliphatic heterocycles. The molecule has 2 aromatic rings. The summed E-state index contributed by atoms with van der Waals surface area (Å²) >= 11 is 3.35. The first-order valence-corrected chi connectivity index (χ1v) is 6.86. The molecule has 3 nitrogen and oxygen atoms in total. The van der Waals surface area contributed by atoms with Gasteiger partial charge in [-0.25, -0.2) is 13.6 Å². The second-order valence-corrected chi connectivity index (χ2v) is 5.13. The average Bonchev–Trinajstić information content (AvgIpc) is 2.46. The molecule has 6 heteroatoms. The maximum absolute atomic E-state index is 13.5. The molecule has 0 aliphatic carbocycles. The zero-order valence-electron chi connectivity index (χ0n) is 11.1. The molecule has 0 heterocycles. The lowest BCUT2D eigenvalue weighted by Crippen LogP contribution is -2.05. The van der Waals surface area contributed by atoms with Gasteiger partial charge in [0.25, 0.3) is 0 Å². The average molecular weight is 356 g/mol. The zero-order chi connectivity index (χ0) is 15.4. The Morgan fingerprint density at radius 1 is 1.24 bits per heavy atom. The Bertz CT molecular complexity index is 677. The predicted octanol–water partition coefficient (Wildman–Crippen LogP) is 4.13. The molecule has 0 aromatic heterocycles. The Balaban J connectivity index is 2.11. The van der Waals surface area contributed by atoms with E-state index in [1.165, 1.54) is 19.2 Å². The molecule has 0 unspecified atom stereocenters. The molecule has 0 saturated carbocycles. The van der Waals surface area contributed by atoms with Crippen molar-refractivity contribution in [3.8, 4) is 0 Å². The van der Waals surface area contributed by atoms with E-state index in [0.717, 1.165) is 11.6 Å². The Kier molecular flexibility index (Phi) is 4.90. The summed E-state index contributed by atoms with van der Waals surface area (Å²) in [6.45, 7) is 0.324. The van der Waals surface area contributed by atoms with Crippen molar-refractivity contribution < 1.29 is 18.3 Å². The molecule has 21 heavy (non-hydrogen) atoms. The van der Waals surface area contributed by atoms with E-state index in [1.807, 2.05) is 0 Å². The van der Waals surface area contributed by atoms with Crippen molar-refractivity contribution in [2.24, 2.45) is 0 Å². The van der Waals surface area contributed by atoms with Crippen LogP contribution >= 0.6 is 15.9 Å². The maximum atomic E-state index is 13.5. The van der Waals surface area contributed by atoms with Crippen molar-refractivity contribution in [1.82, 2.24) is 0 Å². The summed E-state index contributed by atoms with van der Waals surface area (Å²) in [6.07, 6.45) is 0. The van der Waals surface area contributed by atoms with Gasteiger partial charge in [0.05, 0.1) is 18.4 Å². The Labute approximate surface area is 129 Å². The molecule has 0 spiro atoms. The fourth-order valence-corrected chi connectivity index (χ4v) is 2.28. The van der Waals surface area contributed by atoms with E-state index < -0.39 is 17.6 Å². The van der Waals surface area contributed by atoms with E-state index in [4.69, 9.17) is 0 Å². The molecular weight excluding hydrogens is 344 g/mol. The molecule has 110 valence electrons. The van der Waals surface area contributed by atoms with Crippen molar-refractivity contribution in [3.05, 3.63) is 63.6 Å². The van der Waals surface area contributed by atoms with Crippen LogP contribution in [0.3, 0.4) is 0 Å². The number of hydrogen-bond donors (Lipinski definition) is 1. The SMILES string of the molecule is COC(=O)c1ccc(CNc2ccc(F)cc2F)c(Br)c1. The summed E-state index contributed by atoms with van der Waals surface area (Å²) < 4.78 is 31.6. The molecule has 0 bridgehead atoms. The Morgan fingerprint density at radius 3 is 2.62 bits per heavy atom. The first-order chi connectivity index (χ1) is 10.0. The number of esters is 1. The van der Waals surface area contributed by atoms with Gasteiger partial charge >= 0.3 is 5.97 Å². The fourth-order valence-electron chi connectivity index (χ4n) is 1.76. The largest absolute Gasteiger partial charge is 0.465 e. The van der Waals surface area contributed by atoms with Gasteiger partial charge in [-0.3, -0.25) is 0 Å². The summed E-state index contributed by atoms with van der Waals surface area (Å²) in [6, 6.07) is 8.31. The lowest BCUT2D eigenvalue weighted by molar-refractivity contribution is 0.0600. The number of anilines is 1. The van der Waals surface area contributed by atoms with Crippen LogP contribution in [-0.4, -0.2) is 13.1 Å². The second kappa shape index (κ2) is 6.67. The maximum Gasteiger partial charge on any atom is 0.337 e. The highest BCUT2D eigenvalue weighted by Gasteiger charge is 2.09. The van der Waals surface area contributed by atoms with E-state index in [0.29, 0.717) is 16.6 Å². The van der Waals surface area contributed by atoms with Crippen LogP contribution < -0.4 is 5.32 Å². The number of nitrogens with one attached hydrogen (secondary N) is 1. The highest BCUT2D eigenvalue weighted by atomic mass is 79.9. The quantitative estimate of drug-likeness (QED) is 0.838. The summed E-state index contributed by atoms with van der Waals surface area (Å²) in [5.74, 6) is -1.71. The van der Waals surface area contributed by atoms with Gasteiger partial charge in [-0.05, 0) is 29.8 Å². The van der Waals surface area contributed by atoms with Crippen LogP contribution in [0.2, 0.25) is 0 Å². The smallest absolute Gasteiger partial charge is 0.337 e. The minimum atomic E-state index is -0.655. The Hall–Kier alpha value is -1.95. The molecule has 2 rings (SSSR count). The van der Waals surface area contributed by atoms with E-state index in [2.05, 4.69) is 26.0 Å². The minimum absolute atomic E-state index is 0.209. The van der Waals surface area contributed by atoms with E-state index in [1.54, 1.807) is 18.2 Å². The third kappa shape index (κ3) is 3.78. The fraction of sp³-hybridized carbons (Fsp3) is 0.133. The summed E-state index contributed by atoms with van der Waals surface area (Å²) in [4.78, 5) is 11.4. The summed E-state index contributed by atoms with van der Waals surface area (Å²) in [5, 5.41) is 2.87. The van der Waals surface area contributed by atoms with Crippen LogP contribution in [0.25, 0.3) is 0 Å². The molecule has 0 amide bonds. The van der Waals surface area contributed by atoms with Gasteiger partial charge in [-0.1, -0.05) is 22.0 Å². The third-order valence-corrected chi connectivity index (χ3v) is 3.61. The second-order valence-electron chi connectivity index (χ2n) is 4.28. The molecule has 0 radical (unpaired) electrons. The standard InChI is InChI=1S/C15H12BrF2NO2/c1-21-15(20)9-2-3-10(12(16)6-9)8-19-14-5-4-11(17)7-13(14)18/h2-7,19H,8H2,1H3. The van der Waals surface area contributed by atoms with E-state index >= 15 is 0 Å². The van der Waals surface area contributed by atoms with E-state index in [-0.39, 0.29) is 5.69 Å². The van der Waals surface area contributed by atoms with Gasteiger partial charge in [0.2, 0.25) is 0 Å². The first-order valence-electron chi connectivity index (χ1n) is 6.07. The van der Waals surface area contributed by atoms with Crippen LogP contribution in [0.4, 0.5) is 14.5 Å². The highest BCUT2D eigenvalue weighted by molar-refractivity contribution is 9.10. The summed E-state index contributed by atoms with van der Waals surface area (Å²) in [5.41, 5.74) is 1.45. The number of methoxy groups -OCH3 is 1. The number of benzene rings is 2. The van der Waals surface area contributed by atoms with Crippen molar-refractivity contribution in [3.63, 3.8) is 0 Å². The van der Waals surface area contributed by atoms with Crippen LogP contribution in [-0.2, 0) is 11.3 Å². The molecule has 0 aliphatic rings. The van der Waals surface area contributed by atoms with Crippen molar-refractivity contribution >= 4 is 27.6 Å². The zero-order valence-corrected chi connectivity index (χ0v) is 12.7. The number of rotatable bonds is 4. The number of carbonyl (C=O) groups excluding carboxylic acids is 1. The van der Waals surface area contributed by atoms with Crippen LogP contribution in [0.1, 0.15) is 15.9 Å². The molecule has 0 fully saturated rings. The lowest BCUT2D eigenvalue weighted by Gasteiger charge is -2.10. The summed E-state index contributed by atoms with van der Waals surface area (Å²) in [7, 11) is 1.31. The number of halogens is 3. The van der Waals surface area contributed by atoms with Gasteiger partial charge in [0.15, 0.2) is 0 Å². The van der Waals surface area contributed by atoms with Gasteiger partial charge in [0, 0.05) is 17.1 Å². The molecule has 0 saturated heterocycles.